The zero-order valence-corrected chi connectivity index (χ0v) is 13.0. The summed E-state index contributed by atoms with van der Waals surface area (Å²) in [5, 5.41) is 2.79. The molecule has 0 atom stereocenters. The van der Waals surface area contributed by atoms with Crippen LogP contribution >= 0.6 is 0 Å². The molecule has 114 valence electrons. The normalized spacial score (nSPS) is 10.0. The molecule has 2 aromatic carbocycles. The molecule has 22 heavy (non-hydrogen) atoms. The summed E-state index contributed by atoms with van der Waals surface area (Å²) in [6.45, 7) is 2.62. The van der Waals surface area contributed by atoms with E-state index in [1.54, 1.807) is 8.05 Å². The van der Waals surface area contributed by atoms with Crippen molar-refractivity contribution in [2.45, 2.75) is 20.0 Å². The number of hydrogen-bond donors (Lipinski definition) is 1. The van der Waals surface area contributed by atoms with Crippen molar-refractivity contribution in [2.24, 2.45) is 0 Å². The lowest BCUT2D eigenvalue weighted by molar-refractivity contribution is -0.118. The highest BCUT2D eigenvalue weighted by atomic mass is 16.5. The molecule has 0 saturated heterocycles. The van der Waals surface area contributed by atoms with Gasteiger partial charge in [0.1, 0.15) is 12.4 Å². The van der Waals surface area contributed by atoms with E-state index in [4.69, 9.17) is 9.39 Å². The Kier molecular flexibility index (Phi) is 5.89. The fourth-order valence-electron chi connectivity index (χ4n) is 2.11. The van der Waals surface area contributed by atoms with E-state index in [2.05, 4.69) is 5.32 Å². The molecule has 0 fully saturated rings. The minimum absolute atomic E-state index is 0.0194. The van der Waals surface area contributed by atoms with E-state index >= 15 is 0 Å². The van der Waals surface area contributed by atoms with Gasteiger partial charge in [0.05, 0.1) is 0 Å². The van der Waals surface area contributed by atoms with E-state index in [1.165, 1.54) is 6.92 Å². The van der Waals surface area contributed by atoms with Gasteiger partial charge < -0.3 is 14.7 Å². The predicted molar refractivity (Wildman–Crippen MR) is 88.8 cm³/mol. The molecule has 0 aliphatic heterocycles. The second kappa shape index (κ2) is 8.12. The van der Waals surface area contributed by atoms with Crippen molar-refractivity contribution < 1.29 is 14.2 Å². The van der Waals surface area contributed by atoms with Gasteiger partial charge in [-0.2, -0.15) is 0 Å². The number of nitrogens with one attached hydrogen (secondary N) is 1. The second-order valence-corrected chi connectivity index (χ2v) is 4.99. The standard InChI is InChI=1S/C17H20BNO3/c1-13(20)19-10-9-14-7-8-16(22-18)17(11-14)21-12-15-5-3-2-4-6-15/h2-8,11H,9-10,12,18H2,1H3,(H,19,20). The quantitative estimate of drug-likeness (QED) is 0.794. The number of carbonyl (C=O) groups excluding carboxylic acids is 1. The third kappa shape index (κ3) is 4.84. The number of hydrogen-bond acceptors (Lipinski definition) is 3. The van der Waals surface area contributed by atoms with Gasteiger partial charge in [0.15, 0.2) is 5.75 Å². The average Bonchev–Trinajstić information content (AvgIpc) is 2.54. The van der Waals surface area contributed by atoms with Crippen LogP contribution in [0, 0.1) is 0 Å². The molecule has 0 spiro atoms. The Bertz CT molecular complexity index is 617. The molecule has 0 aliphatic rings. The lowest BCUT2D eigenvalue weighted by atomic mass is 10.1. The summed E-state index contributed by atoms with van der Waals surface area (Å²) in [5.74, 6) is 1.40. The SMILES string of the molecule is BOc1ccc(CCNC(C)=O)cc1OCc1ccccc1. The van der Waals surface area contributed by atoms with Gasteiger partial charge in [-0.05, 0) is 29.7 Å². The van der Waals surface area contributed by atoms with Crippen LogP contribution in [0.2, 0.25) is 0 Å². The van der Waals surface area contributed by atoms with Gasteiger partial charge >= 0.3 is 8.05 Å². The first-order chi connectivity index (χ1) is 10.7. The summed E-state index contributed by atoms with van der Waals surface area (Å²) in [6.07, 6.45) is 0.755. The Balaban J connectivity index is 2.02. The van der Waals surface area contributed by atoms with Gasteiger partial charge in [0.2, 0.25) is 5.91 Å². The maximum Gasteiger partial charge on any atom is 0.322 e. The summed E-state index contributed by atoms with van der Waals surface area (Å²) >= 11 is 0. The maximum atomic E-state index is 10.9. The van der Waals surface area contributed by atoms with E-state index in [-0.39, 0.29) is 5.91 Å². The molecular formula is C17H20BNO3. The molecule has 2 rings (SSSR count). The summed E-state index contributed by atoms with van der Waals surface area (Å²) in [7, 11) is 1.63. The molecular weight excluding hydrogens is 277 g/mol. The van der Waals surface area contributed by atoms with Crippen molar-refractivity contribution in [3.8, 4) is 11.5 Å². The summed E-state index contributed by atoms with van der Waals surface area (Å²) in [5.41, 5.74) is 2.20. The molecule has 0 aromatic heterocycles. The zero-order valence-electron chi connectivity index (χ0n) is 13.0. The van der Waals surface area contributed by atoms with Gasteiger partial charge in [-0.25, -0.2) is 0 Å². The third-order valence-corrected chi connectivity index (χ3v) is 3.25. The van der Waals surface area contributed by atoms with Crippen molar-refractivity contribution in [1.29, 1.82) is 0 Å². The molecule has 1 amide bonds. The molecule has 0 bridgehead atoms. The fourth-order valence-corrected chi connectivity index (χ4v) is 2.11. The van der Waals surface area contributed by atoms with Gasteiger partial charge in [-0.1, -0.05) is 36.4 Å². The van der Waals surface area contributed by atoms with E-state index in [0.29, 0.717) is 24.7 Å². The van der Waals surface area contributed by atoms with Crippen LogP contribution in [-0.4, -0.2) is 20.5 Å². The number of rotatable bonds is 7. The van der Waals surface area contributed by atoms with E-state index in [9.17, 15) is 4.79 Å². The van der Waals surface area contributed by atoms with Crippen LogP contribution in [0.25, 0.3) is 0 Å². The van der Waals surface area contributed by atoms with Crippen molar-refractivity contribution >= 4 is 14.0 Å². The smallest absolute Gasteiger partial charge is 0.322 e. The van der Waals surface area contributed by atoms with Crippen molar-refractivity contribution in [3.63, 3.8) is 0 Å². The summed E-state index contributed by atoms with van der Waals surface area (Å²) in [6, 6.07) is 15.8. The van der Waals surface area contributed by atoms with Crippen LogP contribution in [0.1, 0.15) is 18.1 Å². The van der Waals surface area contributed by atoms with Crippen molar-refractivity contribution in [1.82, 2.24) is 5.32 Å². The van der Waals surface area contributed by atoms with Gasteiger partial charge in [-0.15, -0.1) is 0 Å². The highest BCUT2D eigenvalue weighted by molar-refractivity contribution is 6.00. The molecule has 0 saturated carbocycles. The zero-order chi connectivity index (χ0) is 15.8. The van der Waals surface area contributed by atoms with E-state index in [1.807, 2.05) is 48.5 Å². The van der Waals surface area contributed by atoms with Gasteiger partial charge in [-0.3, -0.25) is 4.79 Å². The van der Waals surface area contributed by atoms with Crippen LogP contribution in [-0.2, 0) is 17.8 Å². The topological polar surface area (TPSA) is 47.6 Å². The fraction of sp³-hybridized carbons (Fsp3) is 0.235. The largest absolute Gasteiger partial charge is 0.565 e. The van der Waals surface area contributed by atoms with Crippen LogP contribution < -0.4 is 14.7 Å². The van der Waals surface area contributed by atoms with Crippen molar-refractivity contribution in [2.75, 3.05) is 6.54 Å². The Morgan fingerprint density at radius 1 is 1.09 bits per heavy atom. The summed E-state index contributed by atoms with van der Waals surface area (Å²) < 4.78 is 11.2. The minimum atomic E-state index is -0.0194. The first kappa shape index (κ1) is 16.0. The van der Waals surface area contributed by atoms with Crippen LogP contribution in [0.4, 0.5) is 0 Å². The molecule has 5 heteroatoms. The lowest BCUT2D eigenvalue weighted by Crippen LogP contribution is -2.22. The van der Waals surface area contributed by atoms with Gasteiger partial charge in [0, 0.05) is 13.5 Å². The second-order valence-electron chi connectivity index (χ2n) is 4.99. The molecule has 4 nitrogen and oxygen atoms in total. The molecule has 0 heterocycles. The first-order valence-electron chi connectivity index (χ1n) is 7.27. The maximum absolute atomic E-state index is 10.9. The molecule has 2 aromatic rings. The highest BCUT2D eigenvalue weighted by Gasteiger charge is 2.06. The minimum Gasteiger partial charge on any atom is -0.565 e. The monoisotopic (exact) mass is 297 g/mol. The van der Waals surface area contributed by atoms with Gasteiger partial charge in [0.25, 0.3) is 0 Å². The van der Waals surface area contributed by atoms with Crippen LogP contribution in [0.3, 0.4) is 0 Å². The molecule has 1 N–H and O–H groups in total. The number of benzene rings is 2. The highest BCUT2D eigenvalue weighted by Crippen LogP contribution is 2.28. The lowest BCUT2D eigenvalue weighted by Gasteiger charge is -2.13. The van der Waals surface area contributed by atoms with Crippen molar-refractivity contribution in [3.05, 3.63) is 59.7 Å². The van der Waals surface area contributed by atoms with E-state index in [0.717, 1.165) is 17.5 Å². The van der Waals surface area contributed by atoms with Crippen LogP contribution in [0.15, 0.2) is 48.5 Å². The molecule has 0 radical (unpaired) electrons. The average molecular weight is 297 g/mol. The Labute approximate surface area is 131 Å². The van der Waals surface area contributed by atoms with E-state index < -0.39 is 0 Å². The summed E-state index contributed by atoms with van der Waals surface area (Å²) in [4.78, 5) is 10.9. The number of amides is 1. The Hall–Kier alpha value is -2.43. The molecule has 0 aliphatic carbocycles. The molecule has 0 unspecified atom stereocenters. The Morgan fingerprint density at radius 2 is 1.86 bits per heavy atom. The third-order valence-electron chi connectivity index (χ3n) is 3.25. The predicted octanol–water partition coefficient (Wildman–Crippen LogP) is 1.87. The number of ether oxygens (including phenoxy) is 1. The first-order valence-corrected chi connectivity index (χ1v) is 7.27. The van der Waals surface area contributed by atoms with Crippen LogP contribution in [0.5, 0.6) is 11.5 Å². The number of carbonyl (C=O) groups is 1. The Morgan fingerprint density at radius 3 is 2.55 bits per heavy atom.